The molecular weight excluding hydrogens is 155 g/mol. The molecule has 0 saturated carbocycles. The van der Waals surface area contributed by atoms with E-state index < -0.39 is 0 Å². The highest BCUT2D eigenvalue weighted by Crippen LogP contribution is 2.17. The van der Waals surface area contributed by atoms with Gasteiger partial charge in [-0.25, -0.2) is 0 Å². The van der Waals surface area contributed by atoms with E-state index in [-0.39, 0.29) is 7.55 Å². The standard InChI is InChI=1S/C9H16OP/c1-9(6-7-10)5-4-8-11(2)3/h7H,1-2,4-6,8H2,3H3/q+1. The van der Waals surface area contributed by atoms with E-state index in [0.717, 1.165) is 24.7 Å². The van der Waals surface area contributed by atoms with Crippen LogP contribution < -0.4 is 0 Å². The van der Waals surface area contributed by atoms with Crippen molar-refractivity contribution < 1.29 is 4.79 Å². The van der Waals surface area contributed by atoms with Gasteiger partial charge in [0.05, 0.1) is 20.5 Å². The minimum atomic E-state index is -0.0198. The minimum absolute atomic E-state index is 0.0198. The van der Waals surface area contributed by atoms with E-state index in [4.69, 9.17) is 0 Å². The van der Waals surface area contributed by atoms with Crippen LogP contribution in [0.1, 0.15) is 19.3 Å². The zero-order valence-electron chi connectivity index (χ0n) is 7.18. The predicted molar refractivity (Wildman–Crippen MR) is 53.9 cm³/mol. The lowest BCUT2D eigenvalue weighted by atomic mass is 10.1. The quantitative estimate of drug-likeness (QED) is 0.341. The van der Waals surface area contributed by atoms with Crippen LogP contribution in [0.25, 0.3) is 0 Å². The first-order valence-electron chi connectivity index (χ1n) is 3.78. The summed E-state index contributed by atoms with van der Waals surface area (Å²) in [7, 11) is -0.0198. The third-order valence-electron chi connectivity index (χ3n) is 1.44. The molecule has 0 bridgehead atoms. The fourth-order valence-corrected chi connectivity index (χ4v) is 1.52. The summed E-state index contributed by atoms with van der Waals surface area (Å²) in [6.07, 6.45) is 8.70. The summed E-state index contributed by atoms with van der Waals surface area (Å²) >= 11 is 0. The van der Waals surface area contributed by atoms with E-state index in [1.807, 2.05) is 0 Å². The number of allylic oxidation sites excluding steroid dienone is 1. The number of hydrogen-bond acceptors (Lipinski definition) is 1. The summed E-state index contributed by atoms with van der Waals surface area (Å²) in [5.74, 6) is 0. The Kier molecular flexibility index (Phi) is 6.06. The van der Waals surface area contributed by atoms with E-state index in [1.165, 1.54) is 6.16 Å². The van der Waals surface area contributed by atoms with Crippen LogP contribution in [-0.4, -0.2) is 25.4 Å². The number of carbonyl (C=O) groups is 1. The largest absolute Gasteiger partial charge is 0.303 e. The van der Waals surface area contributed by atoms with Gasteiger partial charge in [0, 0.05) is 6.42 Å². The normalized spacial score (nSPS) is 10.8. The number of aldehydes is 1. The molecule has 0 aromatic rings. The van der Waals surface area contributed by atoms with Gasteiger partial charge in [0.15, 0.2) is 0 Å². The average molecular weight is 171 g/mol. The molecule has 0 heterocycles. The van der Waals surface area contributed by atoms with Crippen LogP contribution in [0, 0.1) is 0 Å². The third-order valence-corrected chi connectivity index (χ3v) is 2.52. The highest BCUT2D eigenvalue weighted by molar-refractivity contribution is 7.54. The van der Waals surface area contributed by atoms with E-state index in [2.05, 4.69) is 19.5 Å². The van der Waals surface area contributed by atoms with Crippen LogP contribution in [-0.2, 0) is 4.79 Å². The second kappa shape index (κ2) is 6.30. The molecule has 11 heavy (non-hydrogen) atoms. The first-order chi connectivity index (χ1) is 5.16. The summed E-state index contributed by atoms with van der Waals surface area (Å²) in [5.41, 5.74) is 1.05. The summed E-state index contributed by atoms with van der Waals surface area (Å²) < 4.78 is 0. The van der Waals surface area contributed by atoms with Crippen molar-refractivity contribution in [1.29, 1.82) is 0 Å². The molecule has 0 saturated heterocycles. The van der Waals surface area contributed by atoms with Gasteiger partial charge in [-0.3, -0.25) is 0 Å². The van der Waals surface area contributed by atoms with Crippen LogP contribution in [0.4, 0.5) is 0 Å². The lowest BCUT2D eigenvalue weighted by Gasteiger charge is -1.96. The van der Waals surface area contributed by atoms with Crippen molar-refractivity contribution in [1.82, 2.24) is 0 Å². The van der Waals surface area contributed by atoms with Gasteiger partial charge in [-0.2, -0.15) is 0 Å². The highest BCUT2D eigenvalue weighted by Gasteiger charge is 1.98. The van der Waals surface area contributed by atoms with Crippen molar-refractivity contribution in [2.45, 2.75) is 19.3 Å². The molecular formula is C9H16OP+. The van der Waals surface area contributed by atoms with E-state index in [1.54, 1.807) is 0 Å². The van der Waals surface area contributed by atoms with E-state index in [0.29, 0.717) is 6.42 Å². The molecule has 0 radical (unpaired) electrons. The topological polar surface area (TPSA) is 17.1 Å². The van der Waals surface area contributed by atoms with Crippen molar-refractivity contribution in [3.05, 3.63) is 12.2 Å². The van der Waals surface area contributed by atoms with Crippen molar-refractivity contribution in [2.24, 2.45) is 0 Å². The second-order valence-corrected chi connectivity index (χ2v) is 4.96. The van der Waals surface area contributed by atoms with Gasteiger partial charge in [-0.05, 0) is 12.8 Å². The van der Waals surface area contributed by atoms with Crippen LogP contribution in [0.3, 0.4) is 0 Å². The Hall–Kier alpha value is -0.420. The Balaban J connectivity index is 3.31. The number of rotatable bonds is 6. The lowest BCUT2D eigenvalue weighted by Crippen LogP contribution is -1.85. The molecule has 1 unspecified atom stereocenters. The summed E-state index contributed by atoms with van der Waals surface area (Å²) in [4.78, 5) is 10.0. The zero-order valence-corrected chi connectivity index (χ0v) is 8.07. The molecule has 0 spiro atoms. The van der Waals surface area contributed by atoms with Crippen LogP contribution in [0.5, 0.6) is 0 Å². The van der Waals surface area contributed by atoms with Gasteiger partial charge in [-0.15, -0.1) is 0 Å². The maximum absolute atomic E-state index is 10.0. The molecule has 1 nitrogen and oxygen atoms in total. The highest BCUT2D eigenvalue weighted by atomic mass is 31.1. The Labute approximate surface area is 69.9 Å². The fraction of sp³-hybridized carbons (Fsp3) is 0.556. The Bertz CT molecular complexity index is 161. The fourth-order valence-electron chi connectivity index (χ4n) is 0.819. The second-order valence-electron chi connectivity index (χ2n) is 2.80. The van der Waals surface area contributed by atoms with Gasteiger partial charge in [0.1, 0.15) is 12.4 Å². The Morgan fingerprint density at radius 2 is 2.27 bits per heavy atom. The van der Waals surface area contributed by atoms with Gasteiger partial charge in [-0.1, -0.05) is 12.2 Å². The van der Waals surface area contributed by atoms with Crippen LogP contribution in [0.15, 0.2) is 12.2 Å². The van der Waals surface area contributed by atoms with Crippen molar-refractivity contribution in [3.63, 3.8) is 0 Å². The number of hydrogen-bond donors (Lipinski definition) is 0. The van der Waals surface area contributed by atoms with Crippen molar-refractivity contribution in [3.8, 4) is 0 Å². The molecule has 0 aromatic heterocycles. The van der Waals surface area contributed by atoms with E-state index >= 15 is 0 Å². The Morgan fingerprint density at radius 3 is 2.73 bits per heavy atom. The molecule has 0 rings (SSSR count). The summed E-state index contributed by atoms with van der Waals surface area (Å²) in [6, 6.07) is 0. The summed E-state index contributed by atoms with van der Waals surface area (Å²) in [5, 5.41) is 0. The molecule has 0 fully saturated rings. The molecule has 0 aliphatic heterocycles. The van der Waals surface area contributed by atoms with Crippen molar-refractivity contribution in [2.75, 3.05) is 12.8 Å². The maximum Gasteiger partial charge on any atom is 0.124 e. The molecule has 62 valence electrons. The predicted octanol–water partition coefficient (Wildman–Crippen LogP) is 2.46. The zero-order chi connectivity index (χ0) is 8.69. The molecule has 0 aliphatic carbocycles. The Morgan fingerprint density at radius 1 is 1.64 bits per heavy atom. The first-order valence-corrected chi connectivity index (χ1v) is 5.94. The molecule has 1 atom stereocenters. The SMILES string of the molecule is C=C(CC=O)CCC[P+](=C)C. The smallest absolute Gasteiger partial charge is 0.124 e. The van der Waals surface area contributed by atoms with Gasteiger partial charge in [0.25, 0.3) is 0 Å². The van der Waals surface area contributed by atoms with Crippen molar-refractivity contribution >= 4 is 20.1 Å². The molecule has 0 aliphatic rings. The first kappa shape index (κ1) is 10.6. The average Bonchev–Trinajstić information content (AvgIpc) is 1.87. The van der Waals surface area contributed by atoms with Crippen LogP contribution in [0.2, 0.25) is 0 Å². The van der Waals surface area contributed by atoms with Crippen LogP contribution >= 0.6 is 7.55 Å². The molecule has 0 N–H and O–H groups in total. The molecule has 2 heteroatoms. The third kappa shape index (κ3) is 7.48. The lowest BCUT2D eigenvalue weighted by molar-refractivity contribution is -0.107. The monoisotopic (exact) mass is 171 g/mol. The summed E-state index contributed by atoms with van der Waals surface area (Å²) in [6.45, 7) is 5.96. The van der Waals surface area contributed by atoms with Gasteiger partial charge >= 0.3 is 0 Å². The molecule has 0 amide bonds. The number of carbonyl (C=O) groups excluding carboxylic acids is 1. The van der Waals surface area contributed by atoms with Gasteiger partial charge in [0.2, 0.25) is 0 Å². The minimum Gasteiger partial charge on any atom is -0.303 e. The van der Waals surface area contributed by atoms with Gasteiger partial charge < -0.3 is 4.79 Å². The maximum atomic E-state index is 10.0. The molecule has 0 aromatic carbocycles. The van der Waals surface area contributed by atoms with E-state index in [9.17, 15) is 4.79 Å².